The van der Waals surface area contributed by atoms with Crippen LogP contribution < -0.4 is 4.74 Å². The molecule has 0 aliphatic rings. The van der Waals surface area contributed by atoms with Crippen LogP contribution in [0.2, 0.25) is 0 Å². The fourth-order valence-electron chi connectivity index (χ4n) is 2.35. The molecule has 102 valence electrons. The number of nitrogens with zero attached hydrogens (tertiary/aromatic N) is 1. The number of methoxy groups -OCH3 is 1. The Morgan fingerprint density at radius 3 is 2.90 bits per heavy atom. The predicted molar refractivity (Wildman–Crippen MR) is 77.8 cm³/mol. The average Bonchev–Trinajstić information content (AvgIpc) is 2.95. The van der Waals surface area contributed by atoms with Crippen LogP contribution in [0.5, 0.6) is 5.75 Å². The van der Waals surface area contributed by atoms with Crippen molar-refractivity contribution in [2.45, 2.75) is 13.0 Å². The molecule has 0 atom stereocenters. The minimum absolute atomic E-state index is 0.0175. The molecular weight excluding hydrogens is 252 g/mol. The van der Waals surface area contributed by atoms with Crippen molar-refractivity contribution >= 4 is 10.8 Å². The highest BCUT2D eigenvalue weighted by molar-refractivity contribution is 5.87. The van der Waals surface area contributed by atoms with E-state index in [4.69, 9.17) is 9.84 Å². The van der Waals surface area contributed by atoms with Crippen LogP contribution >= 0.6 is 0 Å². The van der Waals surface area contributed by atoms with Crippen molar-refractivity contribution in [2.24, 2.45) is 0 Å². The van der Waals surface area contributed by atoms with Gasteiger partial charge in [-0.25, -0.2) is 4.98 Å². The van der Waals surface area contributed by atoms with Crippen LogP contribution in [0.25, 0.3) is 10.8 Å². The third-order valence-electron chi connectivity index (χ3n) is 3.39. The second-order valence-electron chi connectivity index (χ2n) is 4.69. The third kappa shape index (κ3) is 2.38. The van der Waals surface area contributed by atoms with Crippen molar-refractivity contribution < 1.29 is 9.84 Å². The molecule has 1 aromatic heterocycles. The molecule has 0 aliphatic carbocycles. The first kappa shape index (κ1) is 12.7. The minimum atomic E-state index is -0.0175. The summed E-state index contributed by atoms with van der Waals surface area (Å²) < 4.78 is 5.29. The van der Waals surface area contributed by atoms with Crippen molar-refractivity contribution in [1.82, 2.24) is 9.97 Å². The highest BCUT2D eigenvalue weighted by Gasteiger charge is 2.06. The van der Waals surface area contributed by atoms with Crippen LogP contribution in [0.3, 0.4) is 0 Å². The Balaban J connectivity index is 2.01. The molecule has 2 aromatic carbocycles. The Kier molecular flexibility index (Phi) is 3.39. The number of aromatic nitrogens is 2. The van der Waals surface area contributed by atoms with Gasteiger partial charge in [0, 0.05) is 6.42 Å². The van der Waals surface area contributed by atoms with Crippen LogP contribution in [0.1, 0.15) is 17.1 Å². The monoisotopic (exact) mass is 268 g/mol. The zero-order valence-electron chi connectivity index (χ0n) is 11.3. The highest BCUT2D eigenvalue weighted by Crippen LogP contribution is 2.25. The van der Waals surface area contributed by atoms with Gasteiger partial charge in [0.05, 0.1) is 25.6 Å². The maximum Gasteiger partial charge on any atom is 0.119 e. The Morgan fingerprint density at radius 1 is 1.25 bits per heavy atom. The first-order valence-corrected chi connectivity index (χ1v) is 6.49. The van der Waals surface area contributed by atoms with E-state index in [1.54, 1.807) is 13.3 Å². The summed E-state index contributed by atoms with van der Waals surface area (Å²) in [6.45, 7) is -0.0175. The van der Waals surface area contributed by atoms with Crippen molar-refractivity contribution in [1.29, 1.82) is 0 Å². The maximum absolute atomic E-state index is 9.07. The topological polar surface area (TPSA) is 58.1 Å². The van der Waals surface area contributed by atoms with E-state index in [0.717, 1.165) is 22.7 Å². The maximum atomic E-state index is 9.07. The fraction of sp³-hybridized carbons (Fsp3) is 0.188. The van der Waals surface area contributed by atoms with Crippen LogP contribution in [0.4, 0.5) is 0 Å². The average molecular weight is 268 g/mol. The van der Waals surface area contributed by atoms with Gasteiger partial charge in [-0.05, 0) is 28.5 Å². The van der Waals surface area contributed by atoms with Crippen molar-refractivity contribution in [3.8, 4) is 5.75 Å². The number of hydrogen-bond acceptors (Lipinski definition) is 3. The molecule has 2 N–H and O–H groups in total. The second-order valence-corrected chi connectivity index (χ2v) is 4.69. The molecule has 0 saturated heterocycles. The second kappa shape index (κ2) is 5.35. The molecule has 0 aliphatic heterocycles. The normalized spacial score (nSPS) is 10.9. The molecule has 4 nitrogen and oxygen atoms in total. The van der Waals surface area contributed by atoms with E-state index in [0.29, 0.717) is 6.42 Å². The molecule has 0 fully saturated rings. The van der Waals surface area contributed by atoms with Gasteiger partial charge in [0.15, 0.2) is 0 Å². The quantitative estimate of drug-likeness (QED) is 0.764. The first-order valence-electron chi connectivity index (χ1n) is 6.49. The summed E-state index contributed by atoms with van der Waals surface area (Å²) in [5, 5.41) is 11.4. The minimum Gasteiger partial charge on any atom is -0.497 e. The van der Waals surface area contributed by atoms with Crippen LogP contribution in [0.15, 0.2) is 42.6 Å². The predicted octanol–water partition coefficient (Wildman–Crippen LogP) is 2.65. The van der Waals surface area contributed by atoms with E-state index in [2.05, 4.69) is 28.2 Å². The van der Waals surface area contributed by atoms with Gasteiger partial charge < -0.3 is 14.8 Å². The lowest BCUT2D eigenvalue weighted by atomic mass is 10.0. The standard InChI is InChI=1S/C16H16N2O2/c1-20-14-6-5-11-3-2-4-12(15(11)8-14)7-16-17-9-13(10-19)18-16/h2-6,8-9,19H,7,10H2,1H3,(H,17,18). The van der Waals surface area contributed by atoms with Gasteiger partial charge in [0.25, 0.3) is 0 Å². The van der Waals surface area contributed by atoms with E-state index in [-0.39, 0.29) is 6.61 Å². The van der Waals surface area contributed by atoms with Crippen LogP contribution in [0, 0.1) is 0 Å². The molecule has 20 heavy (non-hydrogen) atoms. The summed E-state index contributed by atoms with van der Waals surface area (Å²) in [6.07, 6.45) is 2.37. The largest absolute Gasteiger partial charge is 0.497 e. The summed E-state index contributed by atoms with van der Waals surface area (Å²) >= 11 is 0. The van der Waals surface area contributed by atoms with E-state index in [1.807, 2.05) is 18.2 Å². The van der Waals surface area contributed by atoms with Gasteiger partial charge in [0.1, 0.15) is 11.6 Å². The van der Waals surface area contributed by atoms with Crippen molar-refractivity contribution in [3.63, 3.8) is 0 Å². The van der Waals surface area contributed by atoms with Crippen LogP contribution in [-0.4, -0.2) is 22.2 Å². The molecule has 3 rings (SSSR count). The number of nitrogens with one attached hydrogen (secondary N) is 1. The molecule has 0 bridgehead atoms. The van der Waals surface area contributed by atoms with Crippen LogP contribution in [-0.2, 0) is 13.0 Å². The zero-order chi connectivity index (χ0) is 13.9. The number of aromatic amines is 1. The van der Waals surface area contributed by atoms with Crippen molar-refractivity contribution in [2.75, 3.05) is 7.11 Å². The number of fused-ring (bicyclic) bond motifs is 1. The SMILES string of the molecule is COc1ccc2cccc(Cc3ncc(CO)[nH]3)c2c1. The van der Waals surface area contributed by atoms with Gasteiger partial charge in [-0.15, -0.1) is 0 Å². The highest BCUT2D eigenvalue weighted by atomic mass is 16.5. The Morgan fingerprint density at radius 2 is 2.15 bits per heavy atom. The van der Waals surface area contributed by atoms with E-state index < -0.39 is 0 Å². The summed E-state index contributed by atoms with van der Waals surface area (Å²) in [5.74, 6) is 1.70. The van der Waals surface area contributed by atoms with E-state index in [1.165, 1.54) is 10.9 Å². The number of aliphatic hydroxyl groups is 1. The Labute approximate surface area is 117 Å². The summed E-state index contributed by atoms with van der Waals surface area (Å²) in [5.41, 5.74) is 1.91. The molecule has 0 amide bonds. The molecule has 0 radical (unpaired) electrons. The lowest BCUT2D eigenvalue weighted by molar-refractivity contribution is 0.277. The van der Waals surface area contributed by atoms with E-state index in [9.17, 15) is 0 Å². The zero-order valence-corrected chi connectivity index (χ0v) is 11.3. The summed E-state index contributed by atoms with van der Waals surface area (Å²) in [6, 6.07) is 12.3. The van der Waals surface area contributed by atoms with Gasteiger partial charge in [-0.3, -0.25) is 0 Å². The lowest BCUT2D eigenvalue weighted by Crippen LogP contribution is -1.93. The van der Waals surface area contributed by atoms with Crippen molar-refractivity contribution in [3.05, 3.63) is 59.7 Å². The summed E-state index contributed by atoms with van der Waals surface area (Å²) in [4.78, 5) is 7.40. The molecule has 0 unspecified atom stereocenters. The number of rotatable bonds is 4. The molecule has 0 saturated carbocycles. The van der Waals surface area contributed by atoms with Gasteiger partial charge >= 0.3 is 0 Å². The number of benzene rings is 2. The Hall–Kier alpha value is -2.33. The molecule has 0 spiro atoms. The molecule has 4 heteroatoms. The van der Waals surface area contributed by atoms with Gasteiger partial charge in [-0.2, -0.15) is 0 Å². The molecular formula is C16H16N2O2. The fourth-order valence-corrected chi connectivity index (χ4v) is 2.35. The van der Waals surface area contributed by atoms with E-state index >= 15 is 0 Å². The number of hydrogen-bond donors (Lipinski definition) is 2. The lowest BCUT2D eigenvalue weighted by Gasteiger charge is -2.07. The number of ether oxygens (including phenoxy) is 1. The van der Waals surface area contributed by atoms with Gasteiger partial charge in [0.2, 0.25) is 0 Å². The number of aliphatic hydroxyl groups excluding tert-OH is 1. The smallest absolute Gasteiger partial charge is 0.119 e. The molecule has 1 heterocycles. The summed E-state index contributed by atoms with van der Waals surface area (Å²) in [7, 11) is 1.67. The number of H-pyrrole nitrogens is 1. The first-order chi connectivity index (χ1) is 9.80. The number of imidazole rings is 1. The van der Waals surface area contributed by atoms with Gasteiger partial charge in [-0.1, -0.05) is 24.3 Å². The molecule has 3 aromatic rings. The third-order valence-corrected chi connectivity index (χ3v) is 3.39. The Bertz CT molecular complexity index is 734.